The molecule has 0 amide bonds. The van der Waals surface area contributed by atoms with Crippen LogP contribution < -0.4 is 0 Å². The van der Waals surface area contributed by atoms with Gasteiger partial charge in [0.25, 0.3) is 0 Å². The molecule has 0 aliphatic carbocycles. The van der Waals surface area contributed by atoms with Crippen LogP contribution in [0.3, 0.4) is 0 Å². The molecule has 6 heteroatoms. The maximum atomic E-state index is 10.1. The predicted octanol–water partition coefficient (Wildman–Crippen LogP) is 2.74. The van der Waals surface area contributed by atoms with Gasteiger partial charge in [0.15, 0.2) is 0 Å². The zero-order valence-electron chi connectivity index (χ0n) is 9.64. The zero-order chi connectivity index (χ0) is 11.4. The smallest absolute Gasteiger partial charge is 0 e. The van der Waals surface area contributed by atoms with Crippen LogP contribution in [0.2, 0.25) is 0 Å². The Hall–Kier alpha value is 1.39. The Kier molecular flexibility index (Phi) is 10.6. The van der Waals surface area contributed by atoms with Gasteiger partial charge < -0.3 is 0 Å². The molecule has 0 rings (SSSR count). The standard InChI is InChI=1S/C9H20ClN2OP.Ar/c1-8(2)12(9(3)4)14(10,13)7-5-6-11;/h8-9,13-14H,5,7H2,1-4H3;. The van der Waals surface area contributed by atoms with Crippen molar-refractivity contribution in [2.45, 2.75) is 46.2 Å². The largest absolute Gasteiger partial charge is 0 e. The van der Waals surface area contributed by atoms with E-state index < -0.39 is 6.99 Å². The van der Waals surface area contributed by atoms with Gasteiger partial charge >= 0.3 is 91.5 Å². The molecular formula is C9H20ArClN2OP. The Morgan fingerprint density at radius 2 is 1.73 bits per heavy atom. The summed E-state index contributed by atoms with van der Waals surface area (Å²) in [5, 5.41) is 8.47. The first-order valence-corrected chi connectivity index (χ1v) is 8.01. The molecule has 0 bridgehead atoms. The third-order valence-corrected chi connectivity index (χ3v) is 5.93. The minimum absolute atomic E-state index is 0. The van der Waals surface area contributed by atoms with E-state index in [1.165, 1.54) is 0 Å². The van der Waals surface area contributed by atoms with Crippen LogP contribution in [0, 0.1) is 49.1 Å². The first-order chi connectivity index (χ1) is 6.33. The van der Waals surface area contributed by atoms with Crippen molar-refractivity contribution >= 4 is 18.2 Å². The van der Waals surface area contributed by atoms with Crippen LogP contribution in [0.5, 0.6) is 0 Å². The van der Waals surface area contributed by atoms with E-state index in [0.29, 0.717) is 12.6 Å². The number of halogens is 1. The maximum absolute atomic E-state index is 10.1. The van der Waals surface area contributed by atoms with Crippen LogP contribution in [0.25, 0.3) is 0 Å². The molecule has 0 fully saturated rings. The summed E-state index contributed by atoms with van der Waals surface area (Å²) < 4.78 is 1.94. The fourth-order valence-electron chi connectivity index (χ4n) is 1.73. The molecular weight excluding hydrogens is 258 g/mol. The van der Waals surface area contributed by atoms with Gasteiger partial charge in [-0.2, -0.15) is 0 Å². The van der Waals surface area contributed by atoms with Gasteiger partial charge in [-0.25, -0.2) is 0 Å². The third kappa shape index (κ3) is 6.64. The minimum Gasteiger partial charge on any atom is 0 e. The van der Waals surface area contributed by atoms with Crippen molar-refractivity contribution in [2.75, 3.05) is 6.16 Å². The van der Waals surface area contributed by atoms with Gasteiger partial charge in [0.1, 0.15) is 0 Å². The van der Waals surface area contributed by atoms with E-state index in [-0.39, 0.29) is 49.8 Å². The maximum Gasteiger partial charge on any atom is 0 e. The third-order valence-electron chi connectivity index (χ3n) is 2.06. The summed E-state index contributed by atoms with van der Waals surface area (Å²) >= 11 is 6.14. The molecule has 0 saturated heterocycles. The van der Waals surface area contributed by atoms with Gasteiger partial charge in [-0.3, -0.25) is 0 Å². The summed E-state index contributed by atoms with van der Waals surface area (Å²) in [7, 11) is 0. The van der Waals surface area contributed by atoms with Gasteiger partial charge in [-0.15, -0.1) is 0 Å². The molecule has 0 aromatic rings. The summed E-state index contributed by atoms with van der Waals surface area (Å²) in [6.07, 6.45) is 0.726. The normalized spacial score (nSPS) is 12.8. The Labute approximate surface area is 128 Å². The average Bonchev–Trinajstić information content (AvgIpc) is 1.98. The molecule has 0 spiro atoms. The van der Waals surface area contributed by atoms with E-state index in [1.807, 2.05) is 38.4 Å². The summed E-state index contributed by atoms with van der Waals surface area (Å²) in [5.74, 6) is 0. The van der Waals surface area contributed by atoms with Crippen molar-refractivity contribution in [1.82, 2.24) is 4.67 Å². The molecule has 0 aromatic carbocycles. The zero-order valence-corrected chi connectivity index (χ0v) is 12.1. The van der Waals surface area contributed by atoms with Crippen LogP contribution in [-0.4, -0.2) is 27.8 Å². The van der Waals surface area contributed by atoms with Crippen molar-refractivity contribution in [3.8, 4) is 6.07 Å². The van der Waals surface area contributed by atoms with Gasteiger partial charge in [0.2, 0.25) is 0 Å². The van der Waals surface area contributed by atoms with Gasteiger partial charge in [0, 0.05) is 37.7 Å². The minimum atomic E-state index is -2.90. The average molecular weight is 279 g/mol. The molecule has 3 nitrogen and oxygen atoms in total. The summed E-state index contributed by atoms with van der Waals surface area (Å²) in [4.78, 5) is 10.1. The number of rotatable bonds is 5. The van der Waals surface area contributed by atoms with Crippen molar-refractivity contribution in [3.63, 3.8) is 0 Å². The van der Waals surface area contributed by atoms with E-state index in [2.05, 4.69) is 0 Å². The topological polar surface area (TPSA) is 47.3 Å². The van der Waals surface area contributed by atoms with E-state index in [0.717, 1.165) is 0 Å². The second-order valence-corrected chi connectivity index (χ2v) is 8.24. The molecule has 15 heavy (non-hydrogen) atoms. The summed E-state index contributed by atoms with van der Waals surface area (Å²) in [5.41, 5.74) is 0. The monoisotopic (exact) mass is 278 g/mol. The fraction of sp³-hybridized carbons (Fsp3) is 0.889. The first-order valence-electron chi connectivity index (χ1n) is 4.89. The Morgan fingerprint density at radius 3 is 2.00 bits per heavy atom. The van der Waals surface area contributed by atoms with E-state index in [9.17, 15) is 4.89 Å². The van der Waals surface area contributed by atoms with Crippen molar-refractivity contribution in [1.29, 1.82) is 5.26 Å². The number of nitriles is 1. The SMILES string of the molecule is CC(C)N(C(C)C)[PH](O)(Cl)CCC#N.[Ar]. The van der Waals surface area contributed by atoms with Gasteiger partial charge in [-0.05, 0) is 0 Å². The molecule has 1 N–H and O–H groups in total. The second-order valence-electron chi connectivity index (χ2n) is 3.97. The predicted molar refractivity (Wildman–Crippen MR) is 63.6 cm³/mol. The van der Waals surface area contributed by atoms with Crippen LogP contribution >= 0.6 is 18.2 Å². The second kappa shape index (κ2) is 8.48. The molecule has 0 radical (unpaired) electrons. The van der Waals surface area contributed by atoms with Crippen LogP contribution in [0.15, 0.2) is 0 Å². The Bertz CT molecular complexity index is 211. The molecule has 92 valence electrons. The van der Waals surface area contributed by atoms with Gasteiger partial charge in [-0.1, -0.05) is 0 Å². The van der Waals surface area contributed by atoms with Crippen LogP contribution in [-0.2, 0) is 0 Å². The van der Waals surface area contributed by atoms with E-state index in [4.69, 9.17) is 16.5 Å². The quantitative estimate of drug-likeness (QED) is 0.787. The molecule has 0 aliphatic rings. The van der Waals surface area contributed by atoms with Crippen molar-refractivity contribution in [2.24, 2.45) is 0 Å². The van der Waals surface area contributed by atoms with Crippen molar-refractivity contribution < 1.29 is 42.6 Å². The molecule has 0 aromatic heterocycles. The number of hydrogen-bond donors (Lipinski definition) is 1. The fourth-order valence-corrected chi connectivity index (χ4v) is 5.46. The molecule has 0 aliphatic heterocycles. The van der Waals surface area contributed by atoms with Crippen LogP contribution in [0.1, 0.15) is 34.1 Å². The molecule has 0 saturated carbocycles. The van der Waals surface area contributed by atoms with E-state index in [1.54, 1.807) is 0 Å². The molecule has 0 unspecified atom stereocenters. The molecule has 0 atom stereocenters. The van der Waals surface area contributed by atoms with Crippen LogP contribution in [0.4, 0.5) is 0 Å². The van der Waals surface area contributed by atoms with E-state index >= 15 is 0 Å². The summed E-state index contributed by atoms with van der Waals surface area (Å²) in [6, 6.07) is 2.44. The Balaban J connectivity index is 0. The Morgan fingerprint density at radius 1 is 1.33 bits per heavy atom. The number of nitrogens with zero attached hydrogens (tertiary/aromatic N) is 2. The number of hydrogen-bond acceptors (Lipinski definition) is 3. The van der Waals surface area contributed by atoms with Gasteiger partial charge in [0.05, 0.1) is 0 Å². The first kappa shape index (κ1) is 18.7. The molecule has 0 heterocycles. The summed E-state index contributed by atoms with van der Waals surface area (Å²) in [6.45, 7) is 5.13. The van der Waals surface area contributed by atoms with Crippen molar-refractivity contribution in [3.05, 3.63) is 0 Å².